The molecule has 4 heterocycles. The minimum absolute atomic E-state index is 0.0988. The van der Waals surface area contributed by atoms with Crippen molar-refractivity contribution in [3.63, 3.8) is 0 Å². The molecule has 0 spiro atoms. The van der Waals surface area contributed by atoms with E-state index in [0.717, 1.165) is 59.0 Å². The smallest absolute Gasteiger partial charge is 0.257 e. The van der Waals surface area contributed by atoms with Crippen molar-refractivity contribution in [1.29, 1.82) is 0 Å². The number of amides is 1. The summed E-state index contributed by atoms with van der Waals surface area (Å²) in [7, 11) is 2.20. The van der Waals surface area contributed by atoms with Gasteiger partial charge in [0.05, 0.1) is 9.36 Å². The van der Waals surface area contributed by atoms with Crippen molar-refractivity contribution < 1.29 is 9.59 Å². The Morgan fingerprint density at radius 2 is 0.976 bits per heavy atom. The van der Waals surface area contributed by atoms with Gasteiger partial charge in [-0.05, 0) is 101 Å². The third-order valence-electron chi connectivity index (χ3n) is 17.5. The molecule has 4 aromatic rings. The van der Waals surface area contributed by atoms with Crippen LogP contribution in [0.25, 0.3) is 25.8 Å². The van der Waals surface area contributed by atoms with Crippen LogP contribution in [0.4, 0.5) is 11.4 Å². The van der Waals surface area contributed by atoms with Crippen LogP contribution < -0.4 is 20.7 Å². The highest BCUT2D eigenvalue weighted by Gasteiger charge is 2.26. The molecule has 0 radical (unpaired) electrons. The Morgan fingerprint density at radius 3 is 1.39 bits per heavy atom. The average Bonchev–Trinajstić information content (AvgIpc) is 2.07. The topological polar surface area (TPSA) is 49.4 Å². The first-order valence-corrected chi connectivity index (χ1v) is 39.3. The van der Waals surface area contributed by atoms with Gasteiger partial charge in [0.1, 0.15) is 0 Å². The Bertz CT molecular complexity index is 2570. The predicted molar refractivity (Wildman–Crippen MR) is 390 cm³/mol. The lowest BCUT2D eigenvalue weighted by Gasteiger charge is -2.27. The van der Waals surface area contributed by atoms with Gasteiger partial charge >= 0.3 is 0 Å². The second kappa shape index (κ2) is 47.3. The lowest BCUT2D eigenvalue weighted by molar-refractivity contribution is -0.111. The largest absolute Gasteiger partial charge is 0.374 e. The van der Waals surface area contributed by atoms with Crippen LogP contribution in [0.3, 0.4) is 0 Å². The summed E-state index contributed by atoms with van der Waals surface area (Å²) in [5.41, 5.74) is 3.12. The Morgan fingerprint density at radius 1 is 0.565 bits per heavy atom. The number of fused-ring (bicyclic) bond motifs is 1. The number of halogens is 1. The summed E-state index contributed by atoms with van der Waals surface area (Å²) >= 11 is 10.3. The van der Waals surface area contributed by atoms with Crippen LogP contribution in [0.1, 0.15) is 306 Å². The summed E-state index contributed by atoms with van der Waals surface area (Å²) in [5, 5.41) is 4.94. The molecule has 476 valence electrons. The molecule has 0 saturated carbocycles. The molecule has 1 aliphatic rings. The number of aldehydes is 1. The van der Waals surface area contributed by atoms with Crippen LogP contribution in [0.2, 0.25) is 0 Å². The number of thiophene rings is 3. The Labute approximate surface area is 546 Å². The number of hydrogen-bond acceptors (Lipinski definition) is 7. The molecule has 1 amide bonds. The summed E-state index contributed by atoms with van der Waals surface area (Å²) in [6, 6.07) is 16.8. The van der Waals surface area contributed by atoms with Crippen molar-refractivity contribution in [3.8, 4) is 9.75 Å². The summed E-state index contributed by atoms with van der Waals surface area (Å²) in [5.74, 6) is 1.43. The highest BCUT2D eigenvalue weighted by molar-refractivity contribution is 9.11. The monoisotopic (exact) mass is 1300 g/mol. The highest BCUT2D eigenvalue weighted by Crippen LogP contribution is 2.40. The van der Waals surface area contributed by atoms with Crippen LogP contribution in [0.5, 0.6) is 0 Å². The number of nitrogens with zero attached hydrogens (tertiary/aromatic N) is 1. The molecule has 1 N–H and O–H groups in total. The van der Waals surface area contributed by atoms with E-state index in [0.29, 0.717) is 17.1 Å². The first kappa shape index (κ1) is 74.8. The van der Waals surface area contributed by atoms with Gasteiger partial charge in [-0.2, -0.15) is 0 Å². The van der Waals surface area contributed by atoms with Gasteiger partial charge in [0.25, 0.3) is 5.91 Å². The Balaban J connectivity index is 0.000000543. The number of benzene rings is 1. The SMILES string of the molecule is C=C/C=C(\SC)c1ccc(-c2ccc(/C(C=O)=c3\cc4c(cc3N(C)CC(CCCCCCCCCC)CCCCCCCCCCCC)=C(c3ccc(Br)s3)C(=O)N4)s2)s1.CCCCCCCCCCCCC(C)CCCCCCCCCC. The molecular formula is C76H119BrN2O2S4. The fourth-order valence-corrected chi connectivity index (χ4v) is 16.7. The van der Waals surface area contributed by atoms with Gasteiger partial charge in [-0.15, -0.1) is 45.8 Å². The van der Waals surface area contributed by atoms with Crippen LogP contribution in [-0.4, -0.2) is 32.0 Å². The second-order valence-corrected chi connectivity index (χ2v) is 30.5. The Kier molecular flexibility index (Phi) is 41.6. The summed E-state index contributed by atoms with van der Waals surface area (Å²) in [6.45, 7) is 16.5. The van der Waals surface area contributed by atoms with E-state index in [2.05, 4.69) is 123 Å². The van der Waals surface area contributed by atoms with Crippen LogP contribution in [0, 0.1) is 11.8 Å². The normalized spacial score (nSPS) is 13.4. The molecule has 3 aromatic heterocycles. The van der Waals surface area contributed by atoms with E-state index in [1.807, 2.05) is 18.2 Å². The summed E-state index contributed by atoms with van der Waals surface area (Å²) < 4.78 is 0.991. The molecule has 2 atom stereocenters. The summed E-state index contributed by atoms with van der Waals surface area (Å²) in [6.07, 6.45) is 62.8. The molecule has 0 saturated heterocycles. The average molecular weight is 1300 g/mol. The number of carbonyl (C=O) groups is 2. The van der Waals surface area contributed by atoms with Crippen molar-refractivity contribution in [2.45, 2.75) is 291 Å². The molecule has 1 aliphatic heterocycles. The molecule has 5 rings (SSSR count). The summed E-state index contributed by atoms with van der Waals surface area (Å²) in [4.78, 5) is 36.0. The maximum absolute atomic E-state index is 13.7. The molecular weight excluding hydrogens is 1180 g/mol. The van der Waals surface area contributed by atoms with E-state index >= 15 is 0 Å². The Hall–Kier alpha value is -2.69. The van der Waals surface area contributed by atoms with Crippen molar-refractivity contribution >= 4 is 101 Å². The molecule has 0 fully saturated rings. The highest BCUT2D eigenvalue weighted by atomic mass is 79.9. The number of hydrogen-bond donors (Lipinski definition) is 1. The van der Waals surface area contributed by atoms with Gasteiger partial charge in [-0.3, -0.25) is 9.59 Å². The number of anilines is 2. The fraction of sp³-hybridized carbons (Fsp3) is 0.658. The molecule has 0 bridgehead atoms. The van der Waals surface area contributed by atoms with E-state index in [-0.39, 0.29) is 5.91 Å². The molecule has 1 aromatic carbocycles. The minimum atomic E-state index is -0.0988. The maximum atomic E-state index is 13.7. The minimum Gasteiger partial charge on any atom is -0.374 e. The number of unbranched alkanes of at least 4 members (excludes halogenated alkanes) is 32. The van der Waals surface area contributed by atoms with Crippen LogP contribution >= 0.6 is 61.7 Å². The molecule has 0 aliphatic carbocycles. The first-order chi connectivity index (χ1) is 41.6. The quantitative estimate of drug-likeness (QED) is 0.0272. The van der Waals surface area contributed by atoms with Crippen LogP contribution in [-0.2, 0) is 9.59 Å². The first-order valence-electron chi connectivity index (χ1n) is 34.9. The van der Waals surface area contributed by atoms with Gasteiger partial charge in [-0.25, -0.2) is 0 Å². The van der Waals surface area contributed by atoms with Crippen molar-refractivity contribution in [3.05, 3.63) is 96.1 Å². The van der Waals surface area contributed by atoms with Crippen molar-refractivity contribution in [2.24, 2.45) is 11.8 Å². The molecule has 2 unspecified atom stereocenters. The van der Waals surface area contributed by atoms with Gasteiger partial charge < -0.3 is 10.2 Å². The molecule has 85 heavy (non-hydrogen) atoms. The predicted octanol–water partition coefficient (Wildman–Crippen LogP) is 25.1. The van der Waals surface area contributed by atoms with E-state index < -0.39 is 0 Å². The van der Waals surface area contributed by atoms with Gasteiger partial charge in [-0.1, -0.05) is 291 Å². The third-order valence-corrected chi connectivity index (χ3v) is 22.5. The standard InChI is InChI=1S/C52H69BrN2O2S4.C24H50/c1-6-9-11-13-15-17-18-20-22-24-27-38(26-23-21-19-16-14-12-10-7-2)36-55(4)43-35-40-42(54-52(57)51(40)49-32-33-50(53)61-49)34-39(43)41(37-56)44-28-29-47(59-44)48-31-30-46(60-48)45(58-5)25-8-3;1-4-6-8-10-12-14-15-17-19-21-23-24(3)22-20-18-16-13-11-9-7-5-2/h8,25,28-35,37-38H,3,6-7,9-24,26-27,36H2,1-2,4-5H3,(H,54,57);24H,4-23H2,1-3H3/b41-39+,45-25-;. The number of thioether (sulfide) groups is 1. The number of carbonyl (C=O) groups excluding carboxylic acids is 2. The van der Waals surface area contributed by atoms with E-state index in [9.17, 15) is 9.59 Å². The number of nitrogens with one attached hydrogen (secondary N) is 1. The van der Waals surface area contributed by atoms with E-state index in [1.165, 1.54) is 271 Å². The third kappa shape index (κ3) is 29.7. The lowest BCUT2D eigenvalue weighted by atomic mass is 9.93. The maximum Gasteiger partial charge on any atom is 0.257 e. The zero-order valence-corrected chi connectivity index (χ0v) is 59.8. The van der Waals surface area contributed by atoms with Gasteiger partial charge in [0, 0.05) is 70.3 Å². The van der Waals surface area contributed by atoms with Crippen molar-refractivity contribution in [2.75, 3.05) is 30.1 Å². The second-order valence-electron chi connectivity index (χ2n) is 25.0. The zero-order chi connectivity index (χ0) is 61.1. The lowest BCUT2D eigenvalue weighted by Crippen LogP contribution is -2.32. The van der Waals surface area contributed by atoms with Crippen molar-refractivity contribution in [1.82, 2.24) is 0 Å². The van der Waals surface area contributed by atoms with Gasteiger partial charge in [0.15, 0.2) is 6.29 Å². The van der Waals surface area contributed by atoms with E-state index in [1.54, 1.807) is 45.8 Å². The molecule has 4 nitrogen and oxygen atoms in total. The molecule has 9 heteroatoms. The van der Waals surface area contributed by atoms with E-state index in [4.69, 9.17) is 0 Å². The number of allylic oxidation sites excluding steroid dienone is 2. The fourth-order valence-electron chi connectivity index (χ4n) is 12.3. The van der Waals surface area contributed by atoms with Crippen LogP contribution in [0.15, 0.2) is 71.0 Å². The van der Waals surface area contributed by atoms with Gasteiger partial charge in [0.2, 0.25) is 0 Å². The number of rotatable bonds is 50. The zero-order valence-electron chi connectivity index (χ0n) is 55.0.